The van der Waals surface area contributed by atoms with Gasteiger partial charge in [-0.15, -0.1) is 0 Å². The van der Waals surface area contributed by atoms with Gasteiger partial charge in [0.25, 0.3) is 0 Å². The minimum Gasteiger partial charge on any atom is -0.327 e. The summed E-state index contributed by atoms with van der Waals surface area (Å²) in [6.07, 6.45) is 8.51. The summed E-state index contributed by atoms with van der Waals surface area (Å²) in [6.45, 7) is 2.31. The summed E-state index contributed by atoms with van der Waals surface area (Å²) in [5, 5.41) is 0. The fraction of sp³-hybridized carbons (Fsp3) is 1.00. The lowest BCUT2D eigenvalue weighted by Gasteiger charge is -2.38. The molecule has 0 amide bonds. The molecule has 3 aliphatic rings. The molecule has 3 aliphatic carbocycles. The Hall–Kier alpha value is -0.0400. The highest BCUT2D eigenvalue weighted by atomic mass is 14.7. The Kier molecular flexibility index (Phi) is 2.40. The molecule has 70 valence electrons. The lowest BCUT2D eigenvalue weighted by atomic mass is 9.71. The summed E-state index contributed by atoms with van der Waals surface area (Å²) in [6, 6.07) is 0.538. The molecule has 0 aromatic rings. The van der Waals surface area contributed by atoms with Crippen molar-refractivity contribution in [1.29, 1.82) is 0 Å². The van der Waals surface area contributed by atoms with Crippen molar-refractivity contribution in [3.8, 4) is 0 Å². The molecule has 12 heavy (non-hydrogen) atoms. The predicted molar refractivity (Wildman–Crippen MR) is 51.8 cm³/mol. The third-order valence-electron chi connectivity index (χ3n) is 4.17. The third-order valence-corrected chi connectivity index (χ3v) is 4.17. The number of hydrogen-bond acceptors (Lipinski definition) is 1. The Balaban J connectivity index is 2.13. The van der Waals surface area contributed by atoms with Crippen molar-refractivity contribution in [3.63, 3.8) is 0 Å². The van der Waals surface area contributed by atoms with E-state index in [2.05, 4.69) is 6.92 Å². The van der Waals surface area contributed by atoms with E-state index in [1.807, 2.05) is 0 Å². The molecule has 3 fully saturated rings. The Morgan fingerprint density at radius 1 is 1.08 bits per heavy atom. The topological polar surface area (TPSA) is 26.0 Å². The van der Waals surface area contributed by atoms with E-state index in [1.54, 1.807) is 0 Å². The smallest absolute Gasteiger partial charge is 0.00981 e. The number of nitrogens with two attached hydrogens (primary N) is 1. The zero-order valence-electron chi connectivity index (χ0n) is 8.13. The SMILES string of the molecule is CC[C@@H]1C2CCC[C@H](CC2)C1N. The normalized spacial score (nSPS) is 47.5. The molecule has 1 heteroatoms. The van der Waals surface area contributed by atoms with Crippen molar-refractivity contribution in [3.05, 3.63) is 0 Å². The maximum absolute atomic E-state index is 6.27. The van der Waals surface area contributed by atoms with Crippen LogP contribution in [0, 0.1) is 17.8 Å². The molecular formula is C11H21N. The van der Waals surface area contributed by atoms with Gasteiger partial charge in [-0.05, 0) is 37.0 Å². The van der Waals surface area contributed by atoms with Crippen LogP contribution < -0.4 is 5.73 Å². The summed E-state index contributed by atoms with van der Waals surface area (Å²) in [5.74, 6) is 2.70. The van der Waals surface area contributed by atoms with E-state index >= 15 is 0 Å². The molecular weight excluding hydrogens is 146 g/mol. The fourth-order valence-corrected chi connectivity index (χ4v) is 3.44. The summed E-state index contributed by atoms with van der Waals surface area (Å²) in [7, 11) is 0. The molecule has 0 aromatic carbocycles. The summed E-state index contributed by atoms with van der Waals surface area (Å²) in [4.78, 5) is 0. The lowest BCUT2D eigenvalue weighted by Crippen LogP contribution is -2.42. The van der Waals surface area contributed by atoms with Crippen LogP contribution in [0.5, 0.6) is 0 Å². The first-order chi connectivity index (χ1) is 5.83. The summed E-state index contributed by atoms with van der Waals surface area (Å²) < 4.78 is 0. The van der Waals surface area contributed by atoms with Crippen LogP contribution in [0.15, 0.2) is 0 Å². The van der Waals surface area contributed by atoms with Gasteiger partial charge in [0.05, 0.1) is 0 Å². The summed E-state index contributed by atoms with van der Waals surface area (Å²) in [5.41, 5.74) is 6.27. The van der Waals surface area contributed by atoms with Crippen LogP contribution in [0.4, 0.5) is 0 Å². The second-order valence-corrected chi connectivity index (χ2v) is 4.68. The van der Waals surface area contributed by atoms with E-state index in [9.17, 15) is 0 Å². The second-order valence-electron chi connectivity index (χ2n) is 4.68. The van der Waals surface area contributed by atoms with Gasteiger partial charge < -0.3 is 5.73 Å². The van der Waals surface area contributed by atoms with Crippen LogP contribution in [0.25, 0.3) is 0 Å². The maximum atomic E-state index is 6.27. The van der Waals surface area contributed by atoms with Gasteiger partial charge in [-0.3, -0.25) is 0 Å². The first-order valence-corrected chi connectivity index (χ1v) is 5.58. The van der Waals surface area contributed by atoms with Crippen LogP contribution in [0.1, 0.15) is 45.4 Å². The Morgan fingerprint density at radius 3 is 2.50 bits per heavy atom. The molecule has 4 atom stereocenters. The van der Waals surface area contributed by atoms with Crippen LogP contribution in [0.3, 0.4) is 0 Å². The monoisotopic (exact) mass is 167 g/mol. The largest absolute Gasteiger partial charge is 0.327 e. The molecule has 1 nitrogen and oxygen atoms in total. The Morgan fingerprint density at radius 2 is 1.75 bits per heavy atom. The van der Waals surface area contributed by atoms with Gasteiger partial charge in [-0.1, -0.05) is 26.2 Å². The average molecular weight is 167 g/mol. The van der Waals surface area contributed by atoms with E-state index < -0.39 is 0 Å². The third kappa shape index (κ3) is 1.28. The lowest BCUT2D eigenvalue weighted by molar-refractivity contribution is 0.162. The van der Waals surface area contributed by atoms with E-state index in [0.717, 1.165) is 17.8 Å². The molecule has 2 N–H and O–H groups in total. The molecule has 0 heterocycles. The van der Waals surface area contributed by atoms with Gasteiger partial charge in [0.2, 0.25) is 0 Å². The van der Waals surface area contributed by atoms with Crippen molar-refractivity contribution >= 4 is 0 Å². The van der Waals surface area contributed by atoms with E-state index in [-0.39, 0.29) is 0 Å². The highest BCUT2D eigenvalue weighted by Crippen LogP contribution is 2.43. The molecule has 0 aliphatic heterocycles. The van der Waals surface area contributed by atoms with Crippen molar-refractivity contribution in [2.45, 2.75) is 51.5 Å². The first-order valence-electron chi connectivity index (χ1n) is 5.58. The van der Waals surface area contributed by atoms with Gasteiger partial charge in [0.15, 0.2) is 0 Å². The average Bonchev–Trinajstić information content (AvgIpc) is 2.37. The molecule has 2 bridgehead atoms. The van der Waals surface area contributed by atoms with Gasteiger partial charge >= 0.3 is 0 Å². The first kappa shape index (κ1) is 8.55. The minimum absolute atomic E-state index is 0.538. The van der Waals surface area contributed by atoms with Gasteiger partial charge in [-0.2, -0.15) is 0 Å². The predicted octanol–water partition coefficient (Wildman–Crippen LogP) is 2.55. The van der Waals surface area contributed by atoms with Crippen LogP contribution in [-0.4, -0.2) is 6.04 Å². The molecule has 0 spiro atoms. The quantitative estimate of drug-likeness (QED) is 0.638. The second kappa shape index (κ2) is 3.37. The molecule has 3 saturated carbocycles. The molecule has 0 saturated heterocycles. The molecule has 2 unspecified atom stereocenters. The number of fused-ring (bicyclic) bond motifs is 4. The van der Waals surface area contributed by atoms with Gasteiger partial charge in [0, 0.05) is 6.04 Å². The zero-order valence-corrected chi connectivity index (χ0v) is 8.13. The van der Waals surface area contributed by atoms with Crippen LogP contribution in [0.2, 0.25) is 0 Å². The standard InChI is InChI=1S/C11H21N/c1-2-10-8-4-3-5-9(7-6-8)11(10)12/h8-11H,2-7,12H2,1H3/t8?,9-,10-,11?/m1/s1. The van der Waals surface area contributed by atoms with Crippen molar-refractivity contribution in [2.24, 2.45) is 23.5 Å². The van der Waals surface area contributed by atoms with Gasteiger partial charge in [0.1, 0.15) is 0 Å². The van der Waals surface area contributed by atoms with E-state index in [4.69, 9.17) is 5.73 Å². The molecule has 0 aromatic heterocycles. The van der Waals surface area contributed by atoms with E-state index in [0.29, 0.717) is 6.04 Å². The number of rotatable bonds is 1. The minimum atomic E-state index is 0.538. The van der Waals surface area contributed by atoms with Crippen molar-refractivity contribution < 1.29 is 0 Å². The molecule has 0 radical (unpaired) electrons. The van der Waals surface area contributed by atoms with E-state index in [1.165, 1.54) is 38.5 Å². The molecule has 3 rings (SSSR count). The van der Waals surface area contributed by atoms with Gasteiger partial charge in [-0.25, -0.2) is 0 Å². The maximum Gasteiger partial charge on any atom is 0.00981 e. The van der Waals surface area contributed by atoms with Crippen molar-refractivity contribution in [2.75, 3.05) is 0 Å². The zero-order chi connectivity index (χ0) is 8.55. The number of hydrogen-bond donors (Lipinski definition) is 1. The van der Waals surface area contributed by atoms with Crippen LogP contribution >= 0.6 is 0 Å². The highest BCUT2D eigenvalue weighted by Gasteiger charge is 2.37. The highest BCUT2D eigenvalue weighted by molar-refractivity contribution is 4.92. The Labute approximate surface area is 75.7 Å². The van der Waals surface area contributed by atoms with Crippen molar-refractivity contribution in [1.82, 2.24) is 0 Å². The van der Waals surface area contributed by atoms with Crippen LogP contribution in [-0.2, 0) is 0 Å². The fourth-order valence-electron chi connectivity index (χ4n) is 3.44. The summed E-state index contributed by atoms with van der Waals surface area (Å²) >= 11 is 0. The Bertz CT molecular complexity index is 149.